The summed E-state index contributed by atoms with van der Waals surface area (Å²) in [6.07, 6.45) is 1.74. The van der Waals surface area contributed by atoms with Crippen LogP contribution >= 0.6 is 11.3 Å². The van der Waals surface area contributed by atoms with Crippen LogP contribution in [0.3, 0.4) is 0 Å². The van der Waals surface area contributed by atoms with Gasteiger partial charge in [0.25, 0.3) is 0 Å². The van der Waals surface area contributed by atoms with Crippen molar-refractivity contribution in [2.45, 2.75) is 25.8 Å². The molecule has 96 valence electrons. The number of aryl methyl sites for hydroxylation is 1. The minimum Gasteiger partial charge on any atom is -0.271 e. The van der Waals surface area contributed by atoms with Gasteiger partial charge < -0.3 is 0 Å². The quantitative estimate of drug-likeness (QED) is 0.643. The predicted octanol–water partition coefficient (Wildman–Crippen LogP) is 3.20. The predicted molar refractivity (Wildman–Crippen MR) is 73.9 cm³/mol. The number of halogens is 1. The fraction of sp³-hybridized carbons (Fsp3) is 0.286. The van der Waals surface area contributed by atoms with Gasteiger partial charge in [-0.25, -0.2) is 4.39 Å². The molecule has 2 aromatic rings. The highest BCUT2D eigenvalue weighted by Gasteiger charge is 2.15. The summed E-state index contributed by atoms with van der Waals surface area (Å²) in [7, 11) is 0. The number of hydrogen-bond acceptors (Lipinski definition) is 3. The number of nitrogens with two attached hydrogens (primary N) is 1. The second-order valence-electron chi connectivity index (χ2n) is 4.17. The third-order valence-electron chi connectivity index (χ3n) is 2.95. The first-order valence-corrected chi connectivity index (χ1v) is 6.84. The maximum absolute atomic E-state index is 13.7. The molecule has 18 heavy (non-hydrogen) atoms. The summed E-state index contributed by atoms with van der Waals surface area (Å²) in [4.78, 5) is 2.56. The molecule has 0 aliphatic carbocycles. The molecule has 2 nitrogen and oxygen atoms in total. The molecule has 0 saturated heterocycles. The minimum absolute atomic E-state index is 0.186. The van der Waals surface area contributed by atoms with Crippen molar-refractivity contribution in [1.82, 2.24) is 5.43 Å². The summed E-state index contributed by atoms with van der Waals surface area (Å²) >= 11 is 1.76. The highest BCUT2D eigenvalue weighted by atomic mass is 32.1. The maximum Gasteiger partial charge on any atom is 0.128 e. The van der Waals surface area contributed by atoms with Gasteiger partial charge in [-0.15, -0.1) is 11.3 Å². The van der Waals surface area contributed by atoms with Gasteiger partial charge in [0.1, 0.15) is 5.82 Å². The lowest BCUT2D eigenvalue weighted by atomic mass is 10.0. The molecule has 0 saturated carbocycles. The van der Waals surface area contributed by atoms with E-state index in [4.69, 9.17) is 5.84 Å². The van der Waals surface area contributed by atoms with E-state index in [-0.39, 0.29) is 11.9 Å². The molecule has 0 amide bonds. The van der Waals surface area contributed by atoms with Crippen LogP contribution in [0.4, 0.5) is 4.39 Å². The number of hydrazine groups is 1. The monoisotopic (exact) mass is 264 g/mol. The van der Waals surface area contributed by atoms with Crippen molar-refractivity contribution in [2.75, 3.05) is 0 Å². The smallest absolute Gasteiger partial charge is 0.128 e. The molecule has 0 spiro atoms. The Kier molecular flexibility index (Phi) is 4.47. The molecule has 0 aliphatic rings. The first-order valence-electron chi connectivity index (χ1n) is 6.02. The molecule has 3 N–H and O–H groups in total. The minimum atomic E-state index is -0.215. The van der Waals surface area contributed by atoms with E-state index in [1.807, 2.05) is 6.07 Å². The zero-order chi connectivity index (χ0) is 13.0. The molecule has 0 aliphatic heterocycles. The molecule has 0 radical (unpaired) electrons. The normalized spacial score (nSPS) is 12.6. The Morgan fingerprint density at radius 1 is 1.22 bits per heavy atom. The molecule has 1 heterocycles. The van der Waals surface area contributed by atoms with Gasteiger partial charge in [0.2, 0.25) is 0 Å². The van der Waals surface area contributed by atoms with Gasteiger partial charge in [-0.3, -0.25) is 11.3 Å². The van der Waals surface area contributed by atoms with Gasteiger partial charge in [-0.2, -0.15) is 0 Å². The molecule has 4 heteroatoms. The molecule has 1 atom stereocenters. The molecule has 0 fully saturated rings. The van der Waals surface area contributed by atoms with E-state index in [2.05, 4.69) is 24.5 Å². The van der Waals surface area contributed by atoms with Crippen LogP contribution < -0.4 is 11.3 Å². The van der Waals surface area contributed by atoms with Crippen molar-refractivity contribution in [2.24, 2.45) is 5.84 Å². The lowest BCUT2D eigenvalue weighted by Gasteiger charge is -2.16. The molecule has 1 aromatic carbocycles. The van der Waals surface area contributed by atoms with E-state index in [0.717, 1.165) is 6.42 Å². The molecular weight excluding hydrogens is 247 g/mol. The second-order valence-corrected chi connectivity index (χ2v) is 5.42. The van der Waals surface area contributed by atoms with E-state index in [1.165, 1.54) is 15.8 Å². The van der Waals surface area contributed by atoms with E-state index >= 15 is 0 Å². The van der Waals surface area contributed by atoms with Crippen molar-refractivity contribution >= 4 is 11.3 Å². The molecule has 1 unspecified atom stereocenters. The van der Waals surface area contributed by atoms with Gasteiger partial charge in [-0.05, 0) is 24.6 Å². The Labute approximate surface area is 111 Å². The van der Waals surface area contributed by atoms with Crippen molar-refractivity contribution in [1.29, 1.82) is 0 Å². The summed E-state index contributed by atoms with van der Waals surface area (Å²) in [5.41, 5.74) is 3.32. The van der Waals surface area contributed by atoms with E-state index < -0.39 is 0 Å². The van der Waals surface area contributed by atoms with Gasteiger partial charge >= 0.3 is 0 Å². The third-order valence-corrected chi connectivity index (χ3v) is 4.20. The maximum atomic E-state index is 13.7. The lowest BCUT2D eigenvalue weighted by Crippen LogP contribution is -2.30. The number of nitrogens with one attached hydrogen (secondary N) is 1. The SMILES string of the molecule is CCc1ccc(CC(NN)c2ccccc2F)s1. The van der Waals surface area contributed by atoms with Gasteiger partial charge in [0.15, 0.2) is 0 Å². The van der Waals surface area contributed by atoms with Crippen LogP contribution in [-0.2, 0) is 12.8 Å². The van der Waals surface area contributed by atoms with E-state index in [1.54, 1.807) is 23.5 Å². The molecular formula is C14H17FN2S. The van der Waals surface area contributed by atoms with Crippen LogP contribution in [0.2, 0.25) is 0 Å². The van der Waals surface area contributed by atoms with E-state index in [0.29, 0.717) is 12.0 Å². The zero-order valence-corrected chi connectivity index (χ0v) is 11.1. The number of thiophene rings is 1. The first-order chi connectivity index (χ1) is 8.74. The van der Waals surface area contributed by atoms with Crippen molar-refractivity contribution in [3.05, 3.63) is 57.5 Å². The van der Waals surface area contributed by atoms with Crippen molar-refractivity contribution < 1.29 is 4.39 Å². The van der Waals surface area contributed by atoms with Crippen LogP contribution in [0.1, 0.15) is 28.3 Å². The summed E-state index contributed by atoms with van der Waals surface area (Å²) in [5, 5.41) is 0. The fourth-order valence-electron chi connectivity index (χ4n) is 1.94. The highest BCUT2D eigenvalue weighted by Crippen LogP contribution is 2.25. The summed E-state index contributed by atoms with van der Waals surface area (Å²) in [5.74, 6) is 5.33. The number of hydrogen-bond donors (Lipinski definition) is 2. The molecule has 0 bridgehead atoms. The standard InChI is InChI=1S/C14H17FN2S/c1-2-10-7-8-11(18-10)9-14(17-16)12-5-3-4-6-13(12)15/h3-8,14,17H,2,9,16H2,1H3. The highest BCUT2D eigenvalue weighted by molar-refractivity contribution is 7.11. The van der Waals surface area contributed by atoms with Crippen LogP contribution in [-0.4, -0.2) is 0 Å². The largest absolute Gasteiger partial charge is 0.271 e. The topological polar surface area (TPSA) is 38.0 Å². The number of benzene rings is 1. The van der Waals surface area contributed by atoms with Crippen LogP contribution in [0, 0.1) is 5.82 Å². The average molecular weight is 264 g/mol. The van der Waals surface area contributed by atoms with Crippen LogP contribution in [0.5, 0.6) is 0 Å². The second kappa shape index (κ2) is 6.09. The Balaban J connectivity index is 2.17. The van der Waals surface area contributed by atoms with Gasteiger partial charge in [-0.1, -0.05) is 25.1 Å². The number of rotatable bonds is 5. The van der Waals surface area contributed by atoms with Gasteiger partial charge in [0.05, 0.1) is 6.04 Å². The Morgan fingerprint density at radius 2 is 1.94 bits per heavy atom. The molecule has 1 aromatic heterocycles. The van der Waals surface area contributed by atoms with E-state index in [9.17, 15) is 4.39 Å². The Hall–Kier alpha value is -1.23. The van der Waals surface area contributed by atoms with Gasteiger partial charge in [0, 0.05) is 21.7 Å². The summed E-state index contributed by atoms with van der Waals surface area (Å²) in [6.45, 7) is 2.13. The fourth-order valence-corrected chi connectivity index (χ4v) is 2.94. The zero-order valence-electron chi connectivity index (χ0n) is 10.3. The van der Waals surface area contributed by atoms with Crippen LogP contribution in [0.15, 0.2) is 36.4 Å². The van der Waals surface area contributed by atoms with Crippen LogP contribution in [0.25, 0.3) is 0 Å². The van der Waals surface area contributed by atoms with Crippen molar-refractivity contribution in [3.8, 4) is 0 Å². The van der Waals surface area contributed by atoms with Crippen molar-refractivity contribution in [3.63, 3.8) is 0 Å². The Morgan fingerprint density at radius 3 is 2.56 bits per heavy atom. The average Bonchev–Trinajstić information content (AvgIpc) is 2.85. The summed E-state index contributed by atoms with van der Waals surface area (Å²) in [6, 6.07) is 10.8. The molecule has 2 rings (SSSR count). The third kappa shape index (κ3) is 2.96. The Bertz CT molecular complexity index is 510. The lowest BCUT2D eigenvalue weighted by molar-refractivity contribution is 0.513. The summed E-state index contributed by atoms with van der Waals surface area (Å²) < 4.78 is 13.7. The first kappa shape index (κ1) is 13.2.